The molecule has 34 heavy (non-hydrogen) atoms. The van der Waals surface area contributed by atoms with Gasteiger partial charge < -0.3 is 25.6 Å². The first-order valence-electron chi connectivity index (χ1n) is 10.8. The van der Waals surface area contributed by atoms with Gasteiger partial charge in [-0.05, 0) is 27.8 Å². The predicted molar refractivity (Wildman–Crippen MR) is 124 cm³/mol. The van der Waals surface area contributed by atoms with Crippen molar-refractivity contribution in [3.8, 4) is 11.1 Å². The highest BCUT2D eigenvalue weighted by molar-refractivity contribution is 5.90. The first-order chi connectivity index (χ1) is 16.5. The molecule has 174 valence electrons. The minimum atomic E-state index is -1.50. The summed E-state index contributed by atoms with van der Waals surface area (Å²) in [5, 5.41) is 23.1. The molecule has 0 saturated heterocycles. The molecule has 0 aliphatic heterocycles. The Morgan fingerprint density at radius 1 is 0.824 bits per heavy atom. The summed E-state index contributed by atoms with van der Waals surface area (Å²) in [7, 11) is 0. The molecule has 4 rings (SSSR count). The lowest BCUT2D eigenvalue weighted by Gasteiger charge is -2.21. The van der Waals surface area contributed by atoms with E-state index in [1.807, 2.05) is 48.5 Å². The van der Waals surface area contributed by atoms with Crippen molar-refractivity contribution in [3.05, 3.63) is 95.6 Å². The number of fused-ring (bicyclic) bond motifs is 3. The molecule has 2 atom stereocenters. The van der Waals surface area contributed by atoms with Crippen molar-refractivity contribution in [2.24, 2.45) is 0 Å². The SMILES string of the molecule is O=C(N[C@H](C(=O)N[C@H](CO)C(=O)O)c1ccccc1)OCC1c2ccccc2-c2ccccc21. The summed E-state index contributed by atoms with van der Waals surface area (Å²) in [6.07, 6.45) is -0.818. The number of ether oxygens (including phenoxy) is 1. The molecule has 3 aromatic carbocycles. The van der Waals surface area contributed by atoms with E-state index < -0.39 is 36.7 Å². The Labute approximate surface area is 196 Å². The normalized spacial score (nSPS) is 13.8. The predicted octanol–water partition coefficient (Wildman–Crippen LogP) is 2.83. The van der Waals surface area contributed by atoms with E-state index in [2.05, 4.69) is 10.6 Å². The van der Waals surface area contributed by atoms with E-state index in [1.165, 1.54) is 0 Å². The number of rotatable bonds is 8. The molecule has 0 spiro atoms. The smallest absolute Gasteiger partial charge is 0.408 e. The summed E-state index contributed by atoms with van der Waals surface area (Å²) in [4.78, 5) is 36.7. The number of carboxylic acids is 1. The number of carbonyl (C=O) groups is 3. The van der Waals surface area contributed by atoms with Crippen LogP contribution >= 0.6 is 0 Å². The lowest BCUT2D eigenvalue weighted by Crippen LogP contribution is -2.49. The van der Waals surface area contributed by atoms with Crippen LogP contribution in [0.2, 0.25) is 0 Å². The molecule has 3 aromatic rings. The van der Waals surface area contributed by atoms with E-state index in [0.717, 1.165) is 22.3 Å². The monoisotopic (exact) mass is 460 g/mol. The summed E-state index contributed by atoms with van der Waals surface area (Å²) in [5.41, 5.74) is 4.74. The number of aliphatic hydroxyl groups is 1. The van der Waals surface area contributed by atoms with Crippen LogP contribution in [0.25, 0.3) is 11.1 Å². The number of alkyl carbamates (subject to hydrolysis) is 1. The molecule has 0 radical (unpaired) electrons. The topological polar surface area (TPSA) is 125 Å². The minimum absolute atomic E-state index is 0.0668. The number of hydrogen-bond donors (Lipinski definition) is 4. The Morgan fingerprint density at radius 2 is 1.38 bits per heavy atom. The van der Waals surface area contributed by atoms with Crippen molar-refractivity contribution in [2.45, 2.75) is 18.0 Å². The van der Waals surface area contributed by atoms with E-state index in [4.69, 9.17) is 9.84 Å². The average Bonchev–Trinajstić information content (AvgIpc) is 3.18. The number of carbonyl (C=O) groups excluding carboxylic acids is 2. The summed E-state index contributed by atoms with van der Waals surface area (Å²) in [5.74, 6) is -2.31. The van der Waals surface area contributed by atoms with E-state index in [1.54, 1.807) is 30.3 Å². The lowest BCUT2D eigenvalue weighted by molar-refractivity contribution is -0.143. The molecule has 1 aliphatic rings. The summed E-state index contributed by atoms with van der Waals surface area (Å²) < 4.78 is 5.52. The maximum atomic E-state index is 12.8. The second-order valence-corrected chi connectivity index (χ2v) is 7.90. The fraction of sp³-hybridized carbons (Fsp3) is 0.192. The van der Waals surface area contributed by atoms with Gasteiger partial charge in [0.25, 0.3) is 0 Å². The Kier molecular flexibility index (Phi) is 6.89. The average molecular weight is 460 g/mol. The molecular weight excluding hydrogens is 436 g/mol. The molecular formula is C26H24N2O6. The molecule has 1 aliphatic carbocycles. The summed E-state index contributed by atoms with van der Waals surface area (Å²) >= 11 is 0. The number of hydrogen-bond acceptors (Lipinski definition) is 5. The van der Waals surface area contributed by atoms with Crippen molar-refractivity contribution < 1.29 is 29.3 Å². The minimum Gasteiger partial charge on any atom is -0.480 e. The fourth-order valence-electron chi connectivity index (χ4n) is 4.14. The second-order valence-electron chi connectivity index (χ2n) is 7.90. The summed E-state index contributed by atoms with van der Waals surface area (Å²) in [6.45, 7) is -0.717. The van der Waals surface area contributed by atoms with Gasteiger partial charge in [0.15, 0.2) is 0 Å². The van der Waals surface area contributed by atoms with Crippen LogP contribution in [0, 0.1) is 0 Å². The molecule has 0 fully saturated rings. The van der Waals surface area contributed by atoms with Gasteiger partial charge >= 0.3 is 12.1 Å². The van der Waals surface area contributed by atoms with Crippen LogP contribution in [-0.4, -0.2) is 47.4 Å². The van der Waals surface area contributed by atoms with Crippen molar-refractivity contribution in [2.75, 3.05) is 13.2 Å². The van der Waals surface area contributed by atoms with Crippen molar-refractivity contribution >= 4 is 18.0 Å². The lowest BCUT2D eigenvalue weighted by atomic mass is 9.98. The first kappa shape index (κ1) is 23.0. The van der Waals surface area contributed by atoms with Crippen LogP contribution < -0.4 is 10.6 Å². The molecule has 0 heterocycles. The maximum absolute atomic E-state index is 12.8. The van der Waals surface area contributed by atoms with Gasteiger partial charge in [0, 0.05) is 5.92 Å². The van der Waals surface area contributed by atoms with E-state index in [9.17, 15) is 19.5 Å². The maximum Gasteiger partial charge on any atom is 0.408 e. The standard InChI is InChI=1S/C26H24N2O6/c29-14-22(25(31)32)27-24(30)23(16-8-2-1-3-9-16)28-26(33)34-15-21-19-12-6-4-10-17(19)18-11-5-7-13-20(18)21/h1-13,21-23,29H,14-15H2,(H,27,30)(H,28,33)(H,31,32)/t22-,23+/m1/s1. The van der Waals surface area contributed by atoms with Crippen molar-refractivity contribution in [1.82, 2.24) is 10.6 Å². The van der Waals surface area contributed by atoms with Crippen molar-refractivity contribution in [3.63, 3.8) is 0 Å². The van der Waals surface area contributed by atoms with Crippen LogP contribution in [0.15, 0.2) is 78.9 Å². The van der Waals surface area contributed by atoms with Crippen LogP contribution in [0.5, 0.6) is 0 Å². The third kappa shape index (κ3) is 4.77. The Morgan fingerprint density at radius 3 is 1.94 bits per heavy atom. The quantitative estimate of drug-likeness (QED) is 0.410. The second kappa shape index (κ2) is 10.2. The third-order valence-corrected chi connectivity index (χ3v) is 5.80. The van der Waals surface area contributed by atoms with E-state index in [0.29, 0.717) is 5.56 Å². The van der Waals surface area contributed by atoms with Crippen LogP contribution in [0.4, 0.5) is 4.79 Å². The molecule has 8 heteroatoms. The molecule has 2 amide bonds. The molecule has 4 N–H and O–H groups in total. The van der Waals surface area contributed by atoms with Crippen LogP contribution in [-0.2, 0) is 14.3 Å². The van der Waals surface area contributed by atoms with Crippen molar-refractivity contribution in [1.29, 1.82) is 0 Å². The third-order valence-electron chi connectivity index (χ3n) is 5.80. The van der Waals surface area contributed by atoms with Gasteiger partial charge in [-0.2, -0.15) is 0 Å². The van der Waals surface area contributed by atoms with Crippen LogP contribution in [0.1, 0.15) is 28.7 Å². The summed E-state index contributed by atoms with van der Waals surface area (Å²) in [6, 6.07) is 21.6. The zero-order valence-electron chi connectivity index (χ0n) is 18.2. The van der Waals surface area contributed by atoms with Gasteiger partial charge in [0.2, 0.25) is 5.91 Å². The van der Waals surface area contributed by atoms with E-state index in [-0.39, 0.29) is 12.5 Å². The zero-order valence-corrected chi connectivity index (χ0v) is 18.2. The van der Waals surface area contributed by atoms with E-state index >= 15 is 0 Å². The van der Waals surface area contributed by atoms with Gasteiger partial charge in [0.05, 0.1) is 6.61 Å². The largest absolute Gasteiger partial charge is 0.480 e. The molecule has 0 aromatic heterocycles. The number of aliphatic carboxylic acids is 1. The van der Waals surface area contributed by atoms with Gasteiger partial charge in [-0.15, -0.1) is 0 Å². The molecule has 0 unspecified atom stereocenters. The van der Waals surface area contributed by atoms with Gasteiger partial charge in [-0.25, -0.2) is 9.59 Å². The number of aliphatic hydroxyl groups excluding tert-OH is 1. The number of amides is 2. The van der Waals surface area contributed by atoms with Gasteiger partial charge in [0.1, 0.15) is 18.7 Å². The van der Waals surface area contributed by atoms with Gasteiger partial charge in [-0.3, -0.25) is 4.79 Å². The number of carboxylic acid groups (broad SMARTS) is 1. The zero-order chi connectivity index (χ0) is 24.1. The fourth-order valence-corrected chi connectivity index (χ4v) is 4.14. The Balaban J connectivity index is 1.48. The highest BCUT2D eigenvalue weighted by atomic mass is 16.5. The molecule has 0 saturated carbocycles. The highest BCUT2D eigenvalue weighted by Crippen LogP contribution is 2.44. The number of benzene rings is 3. The molecule has 8 nitrogen and oxygen atoms in total. The Hall–Kier alpha value is -4.17. The first-order valence-corrected chi connectivity index (χ1v) is 10.8. The van der Waals surface area contributed by atoms with Crippen LogP contribution in [0.3, 0.4) is 0 Å². The highest BCUT2D eigenvalue weighted by Gasteiger charge is 2.31. The van der Waals surface area contributed by atoms with Gasteiger partial charge in [-0.1, -0.05) is 78.9 Å². The Bertz CT molecular complexity index is 1150. The molecule has 0 bridgehead atoms. The number of nitrogens with one attached hydrogen (secondary N) is 2.